The second-order valence-electron chi connectivity index (χ2n) is 15.0. The number of piperidine rings is 2. The Kier molecular flexibility index (Phi) is 14.4. The van der Waals surface area contributed by atoms with Crippen molar-refractivity contribution in [3.63, 3.8) is 0 Å². The normalized spacial score (nSPS) is 17.4. The number of hydrogen-bond donors (Lipinski definition) is 2. The molecule has 4 aromatic rings. The van der Waals surface area contributed by atoms with Gasteiger partial charge in [-0.15, -0.1) is 0 Å². The fourth-order valence-electron chi connectivity index (χ4n) is 8.00. The second kappa shape index (κ2) is 19.8. The van der Waals surface area contributed by atoms with E-state index in [1.54, 1.807) is 24.4 Å². The molecule has 12 heteroatoms. The van der Waals surface area contributed by atoms with E-state index in [0.29, 0.717) is 48.2 Å². The molecule has 0 aliphatic carbocycles. The van der Waals surface area contributed by atoms with Gasteiger partial charge in [0, 0.05) is 48.7 Å². The van der Waals surface area contributed by atoms with Gasteiger partial charge in [-0.05, 0) is 105 Å². The molecule has 1 unspecified atom stereocenters. The molecule has 3 heterocycles. The van der Waals surface area contributed by atoms with Crippen LogP contribution < -0.4 is 14.2 Å². The van der Waals surface area contributed by atoms with Crippen molar-refractivity contribution in [3.8, 4) is 34.4 Å². The van der Waals surface area contributed by atoms with Crippen molar-refractivity contribution in [2.45, 2.75) is 97.1 Å². The maximum atomic E-state index is 12.1. The van der Waals surface area contributed by atoms with E-state index in [1.807, 2.05) is 29.2 Å². The third-order valence-electron chi connectivity index (χ3n) is 11.1. The molecule has 0 saturated carbocycles. The summed E-state index contributed by atoms with van der Waals surface area (Å²) in [6.45, 7) is 7.82. The lowest BCUT2D eigenvalue weighted by Crippen LogP contribution is -2.44. The summed E-state index contributed by atoms with van der Waals surface area (Å²) in [5.41, 5.74) is 7.11. The molecule has 2 N–H and O–H groups in total. The van der Waals surface area contributed by atoms with Gasteiger partial charge in [0.05, 0.1) is 23.6 Å². The number of rotatable bonds is 17. The summed E-state index contributed by atoms with van der Waals surface area (Å²) >= 11 is 6.87. The molecule has 6 rings (SSSR count). The molecule has 2 aliphatic rings. The zero-order chi connectivity index (χ0) is 40.3. The average Bonchev–Trinajstić information content (AvgIpc) is 3.20. The summed E-state index contributed by atoms with van der Waals surface area (Å²) in [7, 11) is 0. The molecule has 2 saturated heterocycles. The number of benzene rings is 3. The predicted molar refractivity (Wildman–Crippen MR) is 218 cm³/mol. The molecule has 300 valence electrons. The van der Waals surface area contributed by atoms with Gasteiger partial charge in [0.15, 0.2) is 0 Å². The van der Waals surface area contributed by atoms with E-state index in [9.17, 15) is 25.1 Å². The molecule has 57 heavy (non-hydrogen) atoms. The van der Waals surface area contributed by atoms with Crippen molar-refractivity contribution in [1.82, 2.24) is 14.8 Å². The van der Waals surface area contributed by atoms with E-state index >= 15 is 0 Å². The van der Waals surface area contributed by atoms with E-state index < -0.39 is 18.0 Å². The van der Waals surface area contributed by atoms with Crippen molar-refractivity contribution < 1.29 is 34.0 Å². The number of pyridine rings is 1. The number of nitriles is 1. The Labute approximate surface area is 339 Å². The van der Waals surface area contributed by atoms with Gasteiger partial charge in [-0.1, -0.05) is 54.8 Å². The molecule has 0 bridgehead atoms. The first kappa shape index (κ1) is 41.5. The number of carboxylic acid groups (broad SMARTS) is 2. The molecule has 2 aliphatic heterocycles. The number of aliphatic carboxylic acids is 2. The van der Waals surface area contributed by atoms with Crippen LogP contribution in [0.2, 0.25) is 5.02 Å². The van der Waals surface area contributed by atoms with Crippen LogP contribution in [0.4, 0.5) is 0 Å². The fraction of sp³-hybridized carbons (Fsp3) is 0.422. The fourth-order valence-corrected chi connectivity index (χ4v) is 8.24. The quantitative estimate of drug-likeness (QED) is 0.0992. The molecule has 0 spiro atoms. The number of aromatic nitrogens is 1. The maximum Gasteiger partial charge on any atom is 0.320 e. The van der Waals surface area contributed by atoms with Crippen LogP contribution in [0.1, 0.15) is 84.7 Å². The predicted octanol–water partition coefficient (Wildman–Crippen LogP) is 8.59. The minimum Gasteiger partial charge on any atom is -0.493 e. The third kappa shape index (κ3) is 10.8. The maximum absolute atomic E-state index is 12.1. The van der Waals surface area contributed by atoms with Crippen LogP contribution >= 0.6 is 11.6 Å². The lowest BCUT2D eigenvalue weighted by Gasteiger charge is -2.34. The van der Waals surface area contributed by atoms with Crippen molar-refractivity contribution >= 4 is 23.5 Å². The topological polar surface area (TPSA) is 145 Å². The SMILES string of the molecule is Cc1c(COc2cc(OCc3cncc(C#N)c3)c(CN3CCCC[C@H]3C(=O)O)cc2Cl)cccc1-c1cccc(OCCCN2CCCCC2CC(=O)O)c1C. The van der Waals surface area contributed by atoms with Crippen LogP contribution in [-0.2, 0) is 29.3 Å². The summed E-state index contributed by atoms with van der Waals surface area (Å²) in [4.78, 5) is 31.9. The van der Waals surface area contributed by atoms with Crippen LogP contribution in [0.25, 0.3) is 11.1 Å². The van der Waals surface area contributed by atoms with Crippen LogP contribution in [0.15, 0.2) is 67.0 Å². The first-order valence-corrected chi connectivity index (χ1v) is 20.1. The van der Waals surface area contributed by atoms with Gasteiger partial charge in [0.25, 0.3) is 0 Å². The van der Waals surface area contributed by atoms with Gasteiger partial charge < -0.3 is 24.4 Å². The minimum atomic E-state index is -0.841. The molecule has 2 fully saturated rings. The van der Waals surface area contributed by atoms with Crippen LogP contribution in [0.3, 0.4) is 0 Å². The third-order valence-corrected chi connectivity index (χ3v) is 11.4. The summed E-state index contributed by atoms with van der Waals surface area (Å²) < 4.78 is 19.0. The Morgan fingerprint density at radius 1 is 0.842 bits per heavy atom. The van der Waals surface area contributed by atoms with Crippen LogP contribution in [0, 0.1) is 25.2 Å². The number of halogens is 1. The number of nitrogens with zero attached hydrogens (tertiary/aromatic N) is 4. The van der Waals surface area contributed by atoms with Crippen molar-refractivity contribution in [2.75, 3.05) is 26.2 Å². The van der Waals surface area contributed by atoms with Crippen LogP contribution in [-0.4, -0.2) is 75.3 Å². The zero-order valence-electron chi connectivity index (χ0n) is 32.7. The van der Waals surface area contributed by atoms with Gasteiger partial charge >= 0.3 is 11.9 Å². The average molecular weight is 795 g/mol. The minimum absolute atomic E-state index is 0.0985. The first-order valence-electron chi connectivity index (χ1n) is 19.8. The van der Waals surface area contributed by atoms with Crippen molar-refractivity contribution in [1.29, 1.82) is 5.26 Å². The standard InChI is InChI=1S/C45H51ClN4O7/c1-30-34(10-7-12-37(30)38-13-8-15-41(31(38)2)55-19-9-18-49-16-5-3-11-36(49)22-44(51)52)29-57-43-23-42(56-28-33-20-32(24-47)25-48-26-33)35(21-39(43)46)27-50-17-6-4-14-40(50)45(53)54/h7-8,10,12-13,15,20-21,23,25-26,36,40H,3-6,9,11,14,16-19,22,27-29H2,1-2H3,(H,51,52)(H,53,54)/t36?,40-/m0/s1. The summed E-state index contributed by atoms with van der Waals surface area (Å²) in [5, 5.41) is 29.0. The highest BCUT2D eigenvalue weighted by Crippen LogP contribution is 2.37. The molecular weight excluding hydrogens is 744 g/mol. The number of ether oxygens (including phenoxy) is 3. The van der Waals surface area contributed by atoms with E-state index in [-0.39, 0.29) is 25.7 Å². The van der Waals surface area contributed by atoms with Gasteiger partial charge in [-0.3, -0.25) is 24.4 Å². The Morgan fingerprint density at radius 3 is 2.35 bits per heavy atom. The van der Waals surface area contributed by atoms with Crippen molar-refractivity contribution in [3.05, 3.63) is 105 Å². The van der Waals surface area contributed by atoms with E-state index in [1.165, 1.54) is 6.20 Å². The van der Waals surface area contributed by atoms with Gasteiger partial charge in [0.2, 0.25) is 0 Å². The highest BCUT2D eigenvalue weighted by Gasteiger charge is 2.30. The Morgan fingerprint density at radius 2 is 1.58 bits per heavy atom. The molecule has 11 nitrogen and oxygen atoms in total. The van der Waals surface area contributed by atoms with Gasteiger partial charge in [-0.2, -0.15) is 5.26 Å². The molecule has 1 aromatic heterocycles. The zero-order valence-corrected chi connectivity index (χ0v) is 33.5. The largest absolute Gasteiger partial charge is 0.493 e. The van der Waals surface area contributed by atoms with Gasteiger partial charge in [-0.25, -0.2) is 0 Å². The van der Waals surface area contributed by atoms with Crippen molar-refractivity contribution in [2.24, 2.45) is 0 Å². The summed E-state index contributed by atoms with van der Waals surface area (Å²) in [6, 6.07) is 19.1. The number of hydrogen-bond acceptors (Lipinski definition) is 9. The summed E-state index contributed by atoms with van der Waals surface area (Å²) in [5.74, 6) is 0.188. The Bertz CT molecular complexity index is 2090. The molecule has 0 amide bonds. The first-order chi connectivity index (χ1) is 27.6. The van der Waals surface area contributed by atoms with E-state index in [2.05, 4.69) is 41.9 Å². The molecular formula is C45H51ClN4O7. The highest BCUT2D eigenvalue weighted by atomic mass is 35.5. The lowest BCUT2D eigenvalue weighted by molar-refractivity contribution is -0.145. The van der Waals surface area contributed by atoms with Crippen LogP contribution in [0.5, 0.6) is 17.2 Å². The number of carbonyl (C=O) groups is 2. The summed E-state index contributed by atoms with van der Waals surface area (Å²) in [6.07, 6.45) is 9.62. The lowest BCUT2D eigenvalue weighted by atomic mass is 9.93. The molecule has 0 radical (unpaired) electrons. The molecule has 3 aromatic carbocycles. The monoisotopic (exact) mass is 794 g/mol. The van der Waals surface area contributed by atoms with Gasteiger partial charge in [0.1, 0.15) is 42.6 Å². The highest BCUT2D eigenvalue weighted by molar-refractivity contribution is 6.32. The number of likely N-dealkylation sites (tertiary alicyclic amines) is 2. The smallest absolute Gasteiger partial charge is 0.320 e. The Balaban J connectivity index is 1.16. The van der Waals surface area contributed by atoms with E-state index in [4.69, 9.17) is 25.8 Å². The van der Waals surface area contributed by atoms with E-state index in [0.717, 1.165) is 96.3 Å². The Hall–Kier alpha value is -5.15. The second-order valence-corrected chi connectivity index (χ2v) is 15.4. The molecule has 2 atom stereocenters. The number of carboxylic acids is 2.